The predicted molar refractivity (Wildman–Crippen MR) is 132 cm³/mol. The molecule has 0 fully saturated rings. The van der Waals surface area contributed by atoms with Crippen molar-refractivity contribution in [1.29, 1.82) is 0 Å². The molecule has 184 valence electrons. The average molecular weight is 530 g/mol. The molecule has 1 N–H and O–H groups in total. The highest BCUT2D eigenvalue weighted by Gasteiger charge is 2.30. The van der Waals surface area contributed by atoms with Gasteiger partial charge in [-0.3, -0.25) is 9.59 Å². The maximum absolute atomic E-state index is 13.4. The lowest BCUT2D eigenvalue weighted by Gasteiger charge is -2.19. The Morgan fingerprint density at radius 2 is 1.75 bits per heavy atom. The molecular weight excluding hydrogens is 511 g/mol. The number of alkyl halides is 3. The van der Waals surface area contributed by atoms with Gasteiger partial charge in [0.1, 0.15) is 6.04 Å². The zero-order valence-electron chi connectivity index (χ0n) is 18.6. The molecule has 0 aliphatic carbocycles. The van der Waals surface area contributed by atoms with E-state index in [0.29, 0.717) is 21.7 Å². The molecular formula is C26H19ClF3N3O2S. The van der Waals surface area contributed by atoms with Crippen LogP contribution in [-0.4, -0.2) is 16.4 Å². The van der Waals surface area contributed by atoms with Gasteiger partial charge in [0, 0.05) is 28.7 Å². The van der Waals surface area contributed by atoms with Gasteiger partial charge >= 0.3 is 6.18 Å². The van der Waals surface area contributed by atoms with E-state index in [9.17, 15) is 22.8 Å². The lowest BCUT2D eigenvalue weighted by Crippen LogP contribution is -2.36. The fraction of sp³-hybridized carbons (Fsp3) is 0.115. The summed E-state index contributed by atoms with van der Waals surface area (Å²) < 4.78 is 40.7. The Kier molecular flexibility index (Phi) is 7.71. The van der Waals surface area contributed by atoms with Crippen molar-refractivity contribution in [3.63, 3.8) is 0 Å². The first-order valence-corrected chi connectivity index (χ1v) is 12.0. The molecule has 2 amide bonds. The zero-order valence-corrected chi connectivity index (χ0v) is 20.1. The molecule has 3 aromatic carbocycles. The van der Waals surface area contributed by atoms with Gasteiger partial charge in [0.15, 0.2) is 4.80 Å². The van der Waals surface area contributed by atoms with Crippen molar-refractivity contribution in [2.45, 2.75) is 18.8 Å². The number of rotatable bonds is 6. The molecule has 0 saturated heterocycles. The predicted octanol–water partition coefficient (Wildman–Crippen LogP) is 5.87. The number of aromatic nitrogens is 1. The van der Waals surface area contributed by atoms with Gasteiger partial charge < -0.3 is 9.88 Å². The highest BCUT2D eigenvalue weighted by atomic mass is 35.5. The summed E-state index contributed by atoms with van der Waals surface area (Å²) in [6, 6.07) is 19.1. The van der Waals surface area contributed by atoms with Gasteiger partial charge in [0.2, 0.25) is 5.91 Å². The van der Waals surface area contributed by atoms with E-state index in [1.807, 2.05) is 0 Å². The van der Waals surface area contributed by atoms with Crippen LogP contribution in [0.4, 0.5) is 13.2 Å². The van der Waals surface area contributed by atoms with Crippen molar-refractivity contribution in [3.8, 4) is 0 Å². The Balaban J connectivity index is 1.65. The normalized spacial score (nSPS) is 12.8. The Hall–Kier alpha value is -3.69. The van der Waals surface area contributed by atoms with Gasteiger partial charge in [0.25, 0.3) is 5.91 Å². The number of hydrogen-bond donors (Lipinski definition) is 1. The number of benzene rings is 3. The minimum absolute atomic E-state index is 0.106. The Bertz CT molecular complexity index is 1450. The largest absolute Gasteiger partial charge is 0.416 e. The molecule has 0 radical (unpaired) electrons. The Morgan fingerprint density at radius 3 is 2.47 bits per heavy atom. The van der Waals surface area contributed by atoms with E-state index in [4.69, 9.17) is 11.6 Å². The summed E-state index contributed by atoms with van der Waals surface area (Å²) in [5.41, 5.74) is 0.435. The summed E-state index contributed by atoms with van der Waals surface area (Å²) in [6.45, 7) is -0.106. The summed E-state index contributed by atoms with van der Waals surface area (Å²) in [6.07, 6.45) is -2.85. The molecule has 10 heteroatoms. The Labute approximate surface area is 213 Å². The van der Waals surface area contributed by atoms with Crippen LogP contribution in [0.2, 0.25) is 5.02 Å². The van der Waals surface area contributed by atoms with Crippen LogP contribution < -0.4 is 10.1 Å². The smallest absolute Gasteiger partial charge is 0.350 e. The van der Waals surface area contributed by atoms with E-state index in [0.717, 1.165) is 12.1 Å². The van der Waals surface area contributed by atoms with Gasteiger partial charge in [-0.05, 0) is 41.5 Å². The standard InChI is InChI=1S/C26H19ClF3N3O2S/c27-21-11-5-9-19(15-21)23(34)32-25-33(12-13-36-25)22(18-7-2-1-3-8-18)24(35)31-16-17-6-4-10-20(14-17)26(28,29)30/h1-15,22H,16H2,(H,31,35)/t22-/m1/s1. The lowest BCUT2D eigenvalue weighted by molar-refractivity contribution is -0.137. The number of thiazole rings is 1. The van der Waals surface area contributed by atoms with Crippen molar-refractivity contribution in [2.75, 3.05) is 0 Å². The fourth-order valence-electron chi connectivity index (χ4n) is 3.55. The second-order valence-electron chi connectivity index (χ2n) is 7.75. The number of carbonyl (C=O) groups is 2. The van der Waals surface area contributed by atoms with E-state index < -0.39 is 29.6 Å². The third-order valence-corrected chi connectivity index (χ3v) is 6.25. The van der Waals surface area contributed by atoms with Crippen molar-refractivity contribution < 1.29 is 22.8 Å². The summed E-state index contributed by atoms with van der Waals surface area (Å²) in [5.74, 6) is -0.987. The molecule has 0 aliphatic heterocycles. The van der Waals surface area contributed by atoms with Gasteiger partial charge in [0.05, 0.1) is 5.56 Å². The summed E-state index contributed by atoms with van der Waals surface area (Å²) >= 11 is 7.16. The van der Waals surface area contributed by atoms with Crippen molar-refractivity contribution >= 4 is 34.8 Å². The summed E-state index contributed by atoms with van der Waals surface area (Å²) in [5, 5.41) is 4.81. The highest BCUT2D eigenvalue weighted by Crippen LogP contribution is 2.29. The molecule has 0 spiro atoms. The van der Waals surface area contributed by atoms with Crippen LogP contribution in [0.15, 0.2) is 95.4 Å². The summed E-state index contributed by atoms with van der Waals surface area (Å²) in [7, 11) is 0. The molecule has 0 unspecified atom stereocenters. The molecule has 0 aliphatic rings. The molecule has 0 saturated carbocycles. The van der Waals surface area contributed by atoms with Crippen LogP contribution >= 0.6 is 22.9 Å². The first-order valence-electron chi connectivity index (χ1n) is 10.7. The third-order valence-electron chi connectivity index (χ3n) is 5.25. The van der Waals surface area contributed by atoms with Crippen LogP contribution in [0.1, 0.15) is 33.1 Å². The minimum Gasteiger partial charge on any atom is -0.350 e. The maximum atomic E-state index is 13.4. The molecule has 4 aromatic rings. The molecule has 36 heavy (non-hydrogen) atoms. The van der Waals surface area contributed by atoms with Crippen LogP contribution in [-0.2, 0) is 17.5 Å². The van der Waals surface area contributed by atoms with Crippen molar-refractivity contribution in [3.05, 3.63) is 123 Å². The lowest BCUT2D eigenvalue weighted by atomic mass is 10.1. The second-order valence-corrected chi connectivity index (χ2v) is 9.06. The highest BCUT2D eigenvalue weighted by molar-refractivity contribution is 7.07. The van der Waals surface area contributed by atoms with Crippen LogP contribution in [0.5, 0.6) is 0 Å². The second kappa shape index (κ2) is 10.9. The molecule has 5 nitrogen and oxygen atoms in total. The van der Waals surface area contributed by atoms with E-state index in [1.54, 1.807) is 64.7 Å². The van der Waals surface area contributed by atoms with Crippen molar-refractivity contribution in [1.82, 2.24) is 9.88 Å². The van der Waals surface area contributed by atoms with E-state index in [-0.39, 0.29) is 11.3 Å². The molecule has 1 heterocycles. The number of hydrogen-bond acceptors (Lipinski definition) is 3. The summed E-state index contributed by atoms with van der Waals surface area (Å²) in [4.78, 5) is 30.6. The van der Waals surface area contributed by atoms with Crippen LogP contribution in [0.3, 0.4) is 0 Å². The van der Waals surface area contributed by atoms with Gasteiger partial charge in [-0.15, -0.1) is 11.3 Å². The third kappa shape index (κ3) is 6.10. The van der Waals surface area contributed by atoms with Gasteiger partial charge in [-0.25, -0.2) is 0 Å². The SMILES string of the molecule is O=C(N=c1sccn1[C@@H](C(=O)NCc1cccc(C(F)(F)F)c1)c1ccccc1)c1cccc(Cl)c1. The van der Waals surface area contributed by atoms with Gasteiger partial charge in [-0.2, -0.15) is 18.2 Å². The van der Waals surface area contributed by atoms with Gasteiger partial charge in [-0.1, -0.05) is 60.1 Å². The average Bonchev–Trinajstić information content (AvgIpc) is 3.30. The molecule has 0 bridgehead atoms. The molecule has 1 aromatic heterocycles. The number of halogens is 4. The first-order chi connectivity index (χ1) is 17.2. The monoisotopic (exact) mass is 529 g/mol. The Morgan fingerprint density at radius 1 is 1.00 bits per heavy atom. The van der Waals surface area contributed by atoms with Crippen LogP contribution in [0.25, 0.3) is 0 Å². The number of carbonyl (C=O) groups excluding carboxylic acids is 2. The minimum atomic E-state index is -4.48. The van der Waals surface area contributed by atoms with Crippen molar-refractivity contribution in [2.24, 2.45) is 4.99 Å². The number of amides is 2. The fourth-order valence-corrected chi connectivity index (χ4v) is 4.48. The number of nitrogens with zero attached hydrogens (tertiary/aromatic N) is 2. The maximum Gasteiger partial charge on any atom is 0.416 e. The zero-order chi connectivity index (χ0) is 25.7. The van der Waals surface area contributed by atoms with E-state index >= 15 is 0 Å². The number of nitrogens with one attached hydrogen (secondary N) is 1. The first kappa shape index (κ1) is 25.4. The van der Waals surface area contributed by atoms with E-state index in [1.165, 1.54) is 29.5 Å². The molecule has 4 rings (SSSR count). The topological polar surface area (TPSA) is 63.5 Å². The quantitative estimate of drug-likeness (QED) is 0.339. The van der Waals surface area contributed by atoms with Crippen LogP contribution in [0, 0.1) is 0 Å². The van der Waals surface area contributed by atoms with E-state index in [2.05, 4.69) is 10.3 Å². The molecule has 1 atom stereocenters.